The quantitative estimate of drug-likeness (QED) is 0.527. The van der Waals surface area contributed by atoms with Gasteiger partial charge in [0.2, 0.25) is 5.91 Å². The third kappa shape index (κ3) is 6.54. The predicted molar refractivity (Wildman–Crippen MR) is 127 cm³/mol. The summed E-state index contributed by atoms with van der Waals surface area (Å²) in [6, 6.07) is 14.8. The molecule has 3 atom stereocenters. The van der Waals surface area contributed by atoms with Gasteiger partial charge in [-0.1, -0.05) is 54.5 Å². The molecule has 12 heteroatoms. The molecule has 0 saturated heterocycles. The maximum atomic E-state index is 13.2. The number of carbonyl (C=O) groups excluding carboxylic acids is 5. The van der Waals surface area contributed by atoms with Crippen LogP contribution < -0.4 is 4.72 Å². The highest BCUT2D eigenvalue weighted by Gasteiger charge is 2.38. The molecule has 0 radical (unpaired) electrons. The molecule has 1 unspecified atom stereocenters. The van der Waals surface area contributed by atoms with Gasteiger partial charge >= 0.3 is 12.1 Å². The van der Waals surface area contributed by atoms with Gasteiger partial charge in [-0.2, -0.15) is 0 Å². The van der Waals surface area contributed by atoms with Gasteiger partial charge in [0.1, 0.15) is 16.0 Å². The number of imide groups is 1. The van der Waals surface area contributed by atoms with Crippen molar-refractivity contribution in [2.45, 2.75) is 33.3 Å². The zero-order valence-electron chi connectivity index (χ0n) is 19.8. The average molecular weight is 516 g/mol. The largest absolute Gasteiger partial charge is 0.443 e. The predicted octanol–water partition coefficient (Wildman–Crippen LogP) is 3.18. The van der Waals surface area contributed by atoms with Crippen LogP contribution in [0.1, 0.15) is 59.6 Å². The van der Waals surface area contributed by atoms with E-state index in [9.17, 15) is 28.2 Å². The first-order chi connectivity index (χ1) is 17.0. The summed E-state index contributed by atoms with van der Waals surface area (Å²) < 4.78 is 24.2. The van der Waals surface area contributed by atoms with Crippen molar-refractivity contribution < 1.29 is 37.8 Å². The molecule has 2 aromatic carbocycles. The summed E-state index contributed by atoms with van der Waals surface area (Å²) in [5.74, 6) is -4.31. The molecule has 0 fully saturated rings. The Morgan fingerprint density at radius 3 is 2.08 bits per heavy atom. The maximum absolute atomic E-state index is 13.2. The number of nitrogens with one attached hydrogen (secondary N) is 1. The molecule has 11 nitrogen and oxygen atoms in total. The summed E-state index contributed by atoms with van der Waals surface area (Å²) in [6.45, 7) is 4.23. The van der Waals surface area contributed by atoms with E-state index in [1.165, 1.54) is 19.1 Å². The van der Waals surface area contributed by atoms with Crippen LogP contribution in [-0.2, 0) is 29.1 Å². The zero-order valence-corrected chi connectivity index (χ0v) is 20.7. The molecule has 190 valence electrons. The van der Waals surface area contributed by atoms with Gasteiger partial charge in [-0.15, -0.1) is 4.36 Å². The summed E-state index contributed by atoms with van der Waals surface area (Å²) in [5, 5.41) is 0.373. The Balaban J connectivity index is 1.65. The first-order valence-corrected chi connectivity index (χ1v) is 12.6. The first kappa shape index (κ1) is 26.5. The second kappa shape index (κ2) is 11.1. The van der Waals surface area contributed by atoms with Crippen LogP contribution in [0.4, 0.5) is 4.79 Å². The van der Waals surface area contributed by atoms with Gasteiger partial charge in [0.15, 0.2) is 0 Å². The van der Waals surface area contributed by atoms with Crippen molar-refractivity contribution in [1.82, 2.24) is 9.79 Å². The monoisotopic (exact) mass is 515 g/mol. The molecule has 0 aromatic heterocycles. The van der Waals surface area contributed by atoms with E-state index in [0.717, 1.165) is 6.92 Å². The van der Waals surface area contributed by atoms with Gasteiger partial charge in [0.05, 0.1) is 23.3 Å². The average Bonchev–Trinajstić information content (AvgIpc) is 3.03. The van der Waals surface area contributed by atoms with Crippen LogP contribution in [-0.4, -0.2) is 44.8 Å². The van der Waals surface area contributed by atoms with E-state index in [1.54, 1.807) is 49.4 Å². The van der Waals surface area contributed by atoms with Gasteiger partial charge in [-0.25, -0.2) is 13.8 Å². The van der Waals surface area contributed by atoms with Crippen molar-refractivity contribution in [1.29, 1.82) is 0 Å². The lowest BCUT2D eigenvalue weighted by atomic mass is 10.1. The smallest absolute Gasteiger partial charge is 0.440 e. The second-order valence-corrected chi connectivity index (χ2v) is 10.2. The van der Waals surface area contributed by atoms with Crippen LogP contribution in [0.3, 0.4) is 0 Å². The molecule has 3 rings (SSSR count). The number of fused-ring (bicyclic) bond motifs is 1. The van der Waals surface area contributed by atoms with Crippen molar-refractivity contribution in [3.8, 4) is 0 Å². The van der Waals surface area contributed by atoms with Gasteiger partial charge in [-0.3, -0.25) is 19.1 Å². The fourth-order valence-corrected chi connectivity index (χ4v) is 5.36. The van der Waals surface area contributed by atoms with Crippen LogP contribution in [0.25, 0.3) is 0 Å². The summed E-state index contributed by atoms with van der Waals surface area (Å²) in [7, 11) is -3.66. The highest BCUT2D eigenvalue weighted by atomic mass is 32.2. The van der Waals surface area contributed by atoms with E-state index in [2.05, 4.69) is 9.08 Å². The summed E-state index contributed by atoms with van der Waals surface area (Å²) in [6.07, 6.45) is -2.21. The Kier molecular flexibility index (Phi) is 8.20. The molecule has 36 heavy (non-hydrogen) atoms. The van der Waals surface area contributed by atoms with Crippen LogP contribution >= 0.6 is 0 Å². The second-order valence-electron chi connectivity index (χ2n) is 8.22. The van der Waals surface area contributed by atoms with Gasteiger partial charge in [-0.05, 0) is 30.5 Å². The molecular weight excluding hydrogens is 490 g/mol. The number of rotatable bonds is 8. The van der Waals surface area contributed by atoms with E-state index in [0.29, 0.717) is 10.6 Å². The third-order valence-electron chi connectivity index (χ3n) is 5.05. The minimum Gasteiger partial charge on any atom is -0.440 e. The lowest BCUT2D eigenvalue weighted by Crippen LogP contribution is -2.36. The molecule has 1 aliphatic rings. The standard InChI is InChI=1S/C24H25N3O8S/c1-15(13-21(29)35-27-22(30)19-11-7-8-12-20(19)23(27)31)14-36(33,25-17(3)28)26-24(32)34-16(2)18-9-5-4-6-10-18/h4-12,15-16H,13-14H2,1-3H3,(H,25,26,28,32,33)/t15-,16-,36?/m0/s1. The summed E-state index contributed by atoms with van der Waals surface area (Å²) >= 11 is 0. The lowest BCUT2D eigenvalue weighted by Gasteiger charge is -2.17. The minimum absolute atomic E-state index is 0.110. The van der Waals surface area contributed by atoms with Crippen molar-refractivity contribution in [2.24, 2.45) is 10.3 Å². The summed E-state index contributed by atoms with van der Waals surface area (Å²) in [4.78, 5) is 66.1. The fourth-order valence-electron chi connectivity index (χ4n) is 3.53. The van der Waals surface area contributed by atoms with Gasteiger partial charge in [0.25, 0.3) is 11.8 Å². The Morgan fingerprint density at radius 2 is 1.53 bits per heavy atom. The van der Waals surface area contributed by atoms with Gasteiger partial charge < -0.3 is 9.57 Å². The molecule has 0 aliphatic carbocycles. The highest BCUT2D eigenvalue weighted by Crippen LogP contribution is 2.23. The Hall–Kier alpha value is -4.06. The zero-order chi connectivity index (χ0) is 26.5. The van der Waals surface area contributed by atoms with Crippen molar-refractivity contribution >= 4 is 39.7 Å². The number of amides is 4. The van der Waals surface area contributed by atoms with Crippen LogP contribution in [0.5, 0.6) is 0 Å². The molecule has 1 N–H and O–H groups in total. The molecule has 0 bridgehead atoms. The van der Waals surface area contributed by atoms with E-state index in [-0.39, 0.29) is 17.5 Å². The minimum atomic E-state index is -3.66. The topological polar surface area (TPSA) is 149 Å². The number of benzene rings is 2. The maximum Gasteiger partial charge on any atom is 0.443 e. The molecule has 2 aromatic rings. The number of ether oxygens (including phenoxy) is 1. The van der Waals surface area contributed by atoms with Gasteiger partial charge in [0, 0.05) is 6.92 Å². The molecule has 0 spiro atoms. The van der Waals surface area contributed by atoms with E-state index in [1.807, 2.05) is 0 Å². The number of carbonyl (C=O) groups is 5. The van der Waals surface area contributed by atoms with Crippen molar-refractivity contribution in [3.05, 3.63) is 71.3 Å². The third-order valence-corrected chi connectivity index (χ3v) is 7.12. The molecular formula is C24H25N3O8S. The highest BCUT2D eigenvalue weighted by molar-refractivity contribution is 7.92. The van der Waals surface area contributed by atoms with Crippen molar-refractivity contribution in [2.75, 3.05) is 5.75 Å². The van der Waals surface area contributed by atoms with E-state index < -0.39 is 57.5 Å². The lowest BCUT2D eigenvalue weighted by molar-refractivity contribution is -0.169. The number of hydroxylamine groups is 2. The van der Waals surface area contributed by atoms with E-state index >= 15 is 0 Å². The molecule has 1 heterocycles. The molecule has 1 aliphatic heterocycles. The van der Waals surface area contributed by atoms with Crippen molar-refractivity contribution in [3.63, 3.8) is 0 Å². The fraction of sp³-hybridized carbons (Fsp3) is 0.292. The number of nitrogens with zero attached hydrogens (tertiary/aromatic N) is 2. The SMILES string of the molecule is CC(=O)NS(=O)(C[C@@H](C)CC(=O)ON1C(=O)c2ccccc2C1=O)=NC(=O)O[C@@H](C)c1ccccc1. The molecule has 0 saturated carbocycles. The normalized spacial score (nSPS) is 15.8. The number of hydrogen-bond acceptors (Lipinski definition) is 8. The Morgan fingerprint density at radius 1 is 0.972 bits per heavy atom. The number of hydrogen-bond donors (Lipinski definition) is 1. The van der Waals surface area contributed by atoms with Crippen LogP contribution in [0.15, 0.2) is 59.0 Å². The van der Waals surface area contributed by atoms with E-state index in [4.69, 9.17) is 9.57 Å². The van der Waals surface area contributed by atoms with Crippen LogP contribution in [0, 0.1) is 5.92 Å². The summed E-state index contributed by atoms with van der Waals surface area (Å²) in [5.41, 5.74) is 0.912. The first-order valence-electron chi connectivity index (χ1n) is 11.0. The Bertz CT molecular complexity index is 1280. The Labute approximate surface area is 208 Å². The molecule has 4 amide bonds. The van der Waals surface area contributed by atoms with Crippen LogP contribution in [0.2, 0.25) is 0 Å².